The van der Waals surface area contributed by atoms with Crippen molar-refractivity contribution in [2.75, 3.05) is 12.3 Å². The van der Waals surface area contributed by atoms with Crippen LogP contribution in [0.15, 0.2) is 24.5 Å². The first-order chi connectivity index (χ1) is 9.09. The summed E-state index contributed by atoms with van der Waals surface area (Å²) in [6, 6.07) is 4.98. The molecule has 2 aromatic rings. The molecule has 6 nitrogen and oxygen atoms in total. The second-order valence-corrected chi connectivity index (χ2v) is 4.48. The van der Waals surface area contributed by atoms with Crippen molar-refractivity contribution >= 4 is 23.2 Å². The summed E-state index contributed by atoms with van der Waals surface area (Å²) in [5, 5.41) is 10.8. The van der Waals surface area contributed by atoms with E-state index in [0.29, 0.717) is 29.2 Å². The second-order valence-electron chi connectivity index (χ2n) is 4.07. The number of nitrogens with two attached hydrogens (primary N) is 1. The molecule has 0 fully saturated rings. The van der Waals surface area contributed by atoms with Crippen molar-refractivity contribution in [3.05, 3.63) is 40.9 Å². The number of benzene rings is 1. The van der Waals surface area contributed by atoms with Crippen LogP contribution in [0.3, 0.4) is 0 Å². The van der Waals surface area contributed by atoms with Crippen LogP contribution in [0.4, 0.5) is 5.69 Å². The van der Waals surface area contributed by atoms with E-state index in [0.717, 1.165) is 5.82 Å². The highest BCUT2D eigenvalue weighted by molar-refractivity contribution is 6.34. The Morgan fingerprint density at radius 3 is 2.95 bits per heavy atom. The van der Waals surface area contributed by atoms with Crippen molar-refractivity contribution in [2.24, 2.45) is 7.05 Å². The van der Waals surface area contributed by atoms with Crippen molar-refractivity contribution in [1.29, 1.82) is 0 Å². The highest BCUT2D eigenvalue weighted by Crippen LogP contribution is 2.21. The minimum atomic E-state index is -0.287. The molecule has 0 aliphatic carbocycles. The van der Waals surface area contributed by atoms with E-state index in [9.17, 15) is 4.79 Å². The Bertz CT molecular complexity index is 575. The van der Waals surface area contributed by atoms with Gasteiger partial charge < -0.3 is 15.6 Å². The summed E-state index contributed by atoms with van der Waals surface area (Å²) in [6.07, 6.45) is 2.20. The standard InChI is InChI=1S/C12H14ClN5O/c1-18-7-16-17-10(18)5-6-15-12(19)11-8(13)3-2-4-9(11)14/h2-4,7H,5-6,14H2,1H3,(H,15,19). The smallest absolute Gasteiger partial charge is 0.254 e. The molecule has 0 saturated carbocycles. The van der Waals surface area contributed by atoms with Crippen molar-refractivity contribution in [2.45, 2.75) is 6.42 Å². The second kappa shape index (κ2) is 5.71. The number of carbonyl (C=O) groups is 1. The monoisotopic (exact) mass is 279 g/mol. The number of hydrogen-bond acceptors (Lipinski definition) is 4. The maximum Gasteiger partial charge on any atom is 0.254 e. The summed E-state index contributed by atoms with van der Waals surface area (Å²) < 4.78 is 1.80. The predicted octanol–water partition coefficient (Wildman–Crippen LogP) is 1.02. The van der Waals surface area contributed by atoms with E-state index in [4.69, 9.17) is 17.3 Å². The molecule has 7 heteroatoms. The third-order valence-corrected chi connectivity index (χ3v) is 3.03. The molecule has 0 unspecified atom stereocenters. The van der Waals surface area contributed by atoms with Crippen LogP contribution in [0.2, 0.25) is 5.02 Å². The molecule has 1 aromatic carbocycles. The number of hydrogen-bond donors (Lipinski definition) is 2. The van der Waals surface area contributed by atoms with Crippen molar-refractivity contribution < 1.29 is 4.79 Å². The molecular formula is C12H14ClN5O. The van der Waals surface area contributed by atoms with Crippen LogP contribution in [-0.4, -0.2) is 27.2 Å². The molecule has 100 valence electrons. The van der Waals surface area contributed by atoms with Gasteiger partial charge in [-0.05, 0) is 12.1 Å². The van der Waals surface area contributed by atoms with Gasteiger partial charge in [-0.1, -0.05) is 17.7 Å². The summed E-state index contributed by atoms with van der Waals surface area (Å²) >= 11 is 5.96. The fourth-order valence-electron chi connectivity index (χ4n) is 1.69. The normalized spacial score (nSPS) is 10.4. The molecule has 1 amide bonds. The van der Waals surface area contributed by atoms with Gasteiger partial charge in [-0.15, -0.1) is 10.2 Å². The SMILES string of the molecule is Cn1cnnc1CCNC(=O)c1c(N)cccc1Cl. The number of halogens is 1. The van der Waals surface area contributed by atoms with Crippen molar-refractivity contribution in [3.63, 3.8) is 0 Å². The Balaban J connectivity index is 1.97. The van der Waals surface area contributed by atoms with Crippen LogP contribution in [0.1, 0.15) is 16.2 Å². The molecule has 0 aliphatic heterocycles. The van der Waals surface area contributed by atoms with E-state index in [-0.39, 0.29) is 5.91 Å². The highest BCUT2D eigenvalue weighted by atomic mass is 35.5. The van der Waals surface area contributed by atoms with Gasteiger partial charge >= 0.3 is 0 Å². The van der Waals surface area contributed by atoms with Crippen LogP contribution in [-0.2, 0) is 13.5 Å². The first-order valence-electron chi connectivity index (χ1n) is 5.74. The van der Waals surface area contributed by atoms with Gasteiger partial charge in [0.25, 0.3) is 5.91 Å². The quantitative estimate of drug-likeness (QED) is 0.818. The van der Waals surface area contributed by atoms with Crippen LogP contribution in [0.25, 0.3) is 0 Å². The molecule has 3 N–H and O–H groups in total. The first-order valence-corrected chi connectivity index (χ1v) is 6.12. The van der Waals surface area contributed by atoms with E-state index < -0.39 is 0 Å². The van der Waals surface area contributed by atoms with Crippen molar-refractivity contribution in [1.82, 2.24) is 20.1 Å². The largest absolute Gasteiger partial charge is 0.398 e. The summed E-state index contributed by atoms with van der Waals surface area (Å²) in [6.45, 7) is 0.441. The number of aryl methyl sites for hydroxylation is 1. The molecule has 1 aromatic heterocycles. The lowest BCUT2D eigenvalue weighted by atomic mass is 10.1. The number of aromatic nitrogens is 3. The molecule has 0 aliphatic rings. The van der Waals surface area contributed by atoms with Crippen molar-refractivity contribution in [3.8, 4) is 0 Å². The van der Waals surface area contributed by atoms with Gasteiger partial charge in [0.2, 0.25) is 0 Å². The zero-order chi connectivity index (χ0) is 13.8. The zero-order valence-electron chi connectivity index (χ0n) is 10.4. The maximum absolute atomic E-state index is 12.0. The Labute approximate surface area is 115 Å². The topological polar surface area (TPSA) is 85.8 Å². The Morgan fingerprint density at radius 2 is 2.32 bits per heavy atom. The van der Waals surface area contributed by atoms with E-state index in [2.05, 4.69) is 15.5 Å². The lowest BCUT2D eigenvalue weighted by Gasteiger charge is -2.08. The van der Waals surface area contributed by atoms with Gasteiger partial charge in [0, 0.05) is 25.7 Å². The molecular weight excluding hydrogens is 266 g/mol. The van der Waals surface area contributed by atoms with E-state index >= 15 is 0 Å². The number of rotatable bonds is 4. The maximum atomic E-state index is 12.0. The van der Waals surface area contributed by atoms with Crippen LogP contribution in [0, 0.1) is 0 Å². The number of carbonyl (C=O) groups excluding carboxylic acids is 1. The van der Waals surface area contributed by atoms with E-state index in [1.165, 1.54) is 0 Å². The molecule has 1 heterocycles. The fourth-order valence-corrected chi connectivity index (χ4v) is 1.96. The molecule has 0 bridgehead atoms. The van der Waals surface area contributed by atoms with Gasteiger partial charge in [0.05, 0.1) is 10.6 Å². The Hall–Kier alpha value is -2.08. The zero-order valence-corrected chi connectivity index (χ0v) is 11.2. The molecule has 19 heavy (non-hydrogen) atoms. The van der Waals surface area contributed by atoms with Gasteiger partial charge in [-0.25, -0.2) is 0 Å². The third kappa shape index (κ3) is 3.03. The predicted molar refractivity (Wildman–Crippen MR) is 72.9 cm³/mol. The highest BCUT2D eigenvalue weighted by Gasteiger charge is 2.13. The number of nitrogen functional groups attached to an aromatic ring is 1. The Morgan fingerprint density at radius 1 is 1.53 bits per heavy atom. The third-order valence-electron chi connectivity index (χ3n) is 2.71. The van der Waals surface area contributed by atoms with Crippen LogP contribution >= 0.6 is 11.6 Å². The molecule has 2 rings (SSSR count). The van der Waals surface area contributed by atoms with Gasteiger partial charge in [0.15, 0.2) is 0 Å². The summed E-state index contributed by atoms with van der Waals surface area (Å²) in [5.74, 6) is 0.512. The Kier molecular flexibility index (Phi) is 4.01. The number of anilines is 1. The summed E-state index contributed by atoms with van der Waals surface area (Å²) in [5.41, 5.74) is 6.41. The lowest BCUT2D eigenvalue weighted by molar-refractivity contribution is 0.0955. The minimum Gasteiger partial charge on any atom is -0.398 e. The summed E-state index contributed by atoms with van der Waals surface area (Å²) in [7, 11) is 1.85. The van der Waals surface area contributed by atoms with Gasteiger partial charge in [-0.3, -0.25) is 4.79 Å². The van der Waals surface area contributed by atoms with E-state index in [1.807, 2.05) is 7.05 Å². The molecule has 0 saturated heterocycles. The molecule has 0 atom stereocenters. The van der Waals surface area contributed by atoms with E-state index in [1.54, 1.807) is 29.1 Å². The number of nitrogens with one attached hydrogen (secondary N) is 1. The first kappa shape index (κ1) is 13.4. The average molecular weight is 280 g/mol. The van der Waals surface area contributed by atoms with Gasteiger partial charge in [-0.2, -0.15) is 0 Å². The van der Waals surface area contributed by atoms with Crippen LogP contribution < -0.4 is 11.1 Å². The minimum absolute atomic E-state index is 0.287. The molecule has 0 radical (unpaired) electrons. The van der Waals surface area contributed by atoms with Gasteiger partial charge in [0.1, 0.15) is 12.2 Å². The summed E-state index contributed by atoms with van der Waals surface area (Å²) in [4.78, 5) is 12.0. The molecule has 0 spiro atoms. The fraction of sp³-hybridized carbons (Fsp3) is 0.250. The number of nitrogens with zero attached hydrogens (tertiary/aromatic N) is 3. The lowest BCUT2D eigenvalue weighted by Crippen LogP contribution is -2.27. The average Bonchev–Trinajstić information content (AvgIpc) is 2.75. The number of amides is 1. The van der Waals surface area contributed by atoms with Crippen LogP contribution in [0.5, 0.6) is 0 Å².